The standard InChI is InChI=1S/C9H18N2O2.ClH/c1-6(2)9(12)11-7-4-10-5-8(7)13-3;/h6-8,10H,4-5H2,1-3H3,(H,11,12);1H/t7-,8-;/m0./s1. The summed E-state index contributed by atoms with van der Waals surface area (Å²) in [6, 6.07) is 0.125. The van der Waals surface area contributed by atoms with Gasteiger partial charge in [0.15, 0.2) is 0 Å². The lowest BCUT2D eigenvalue weighted by Gasteiger charge is -2.19. The zero-order chi connectivity index (χ0) is 9.84. The van der Waals surface area contributed by atoms with Crippen LogP contribution in [0.25, 0.3) is 0 Å². The SMILES string of the molecule is CO[C@H]1CNC[C@@H]1NC(=O)C(C)C.Cl. The Hall–Kier alpha value is -0.320. The Morgan fingerprint density at radius 1 is 1.50 bits per heavy atom. The first-order chi connectivity index (χ1) is 6.15. The normalized spacial score (nSPS) is 26.0. The Balaban J connectivity index is 0.00000169. The van der Waals surface area contributed by atoms with Crippen molar-refractivity contribution in [3.05, 3.63) is 0 Å². The lowest BCUT2D eigenvalue weighted by Crippen LogP contribution is -2.45. The number of hydrogen-bond donors (Lipinski definition) is 2. The summed E-state index contributed by atoms with van der Waals surface area (Å²) in [6.07, 6.45) is 0.114. The highest BCUT2D eigenvalue weighted by Crippen LogP contribution is 2.04. The third kappa shape index (κ3) is 3.44. The molecule has 0 aromatic rings. The number of halogens is 1. The molecule has 0 bridgehead atoms. The van der Waals surface area contributed by atoms with E-state index in [1.807, 2.05) is 13.8 Å². The van der Waals surface area contributed by atoms with Crippen LogP contribution in [0.2, 0.25) is 0 Å². The molecule has 0 radical (unpaired) electrons. The Bertz CT molecular complexity index is 188. The summed E-state index contributed by atoms with van der Waals surface area (Å²) in [6.45, 7) is 5.40. The van der Waals surface area contributed by atoms with Crippen LogP contribution in [0.1, 0.15) is 13.8 Å². The maximum Gasteiger partial charge on any atom is 0.222 e. The molecule has 0 aromatic heterocycles. The number of nitrogens with one attached hydrogen (secondary N) is 2. The molecule has 1 heterocycles. The molecule has 0 spiro atoms. The van der Waals surface area contributed by atoms with Crippen molar-refractivity contribution >= 4 is 18.3 Å². The number of carbonyl (C=O) groups is 1. The summed E-state index contributed by atoms with van der Waals surface area (Å²) in [5, 5.41) is 6.13. The molecule has 1 aliphatic rings. The average Bonchev–Trinajstić information content (AvgIpc) is 2.51. The van der Waals surface area contributed by atoms with Gasteiger partial charge in [0.2, 0.25) is 5.91 Å². The molecule has 1 saturated heterocycles. The summed E-state index contributed by atoms with van der Waals surface area (Å²) >= 11 is 0. The van der Waals surface area contributed by atoms with E-state index in [4.69, 9.17) is 4.74 Å². The molecular weight excluding hydrogens is 204 g/mol. The van der Waals surface area contributed by atoms with E-state index in [-0.39, 0.29) is 36.4 Å². The molecular formula is C9H19ClN2O2. The van der Waals surface area contributed by atoms with Gasteiger partial charge in [0.1, 0.15) is 0 Å². The summed E-state index contributed by atoms with van der Waals surface area (Å²) in [5.74, 6) is 0.133. The molecule has 84 valence electrons. The minimum atomic E-state index is 0. The van der Waals surface area contributed by atoms with E-state index in [1.165, 1.54) is 0 Å². The van der Waals surface area contributed by atoms with Gasteiger partial charge in [0.25, 0.3) is 0 Å². The van der Waals surface area contributed by atoms with Crippen LogP contribution in [-0.2, 0) is 9.53 Å². The van der Waals surface area contributed by atoms with Crippen molar-refractivity contribution in [2.75, 3.05) is 20.2 Å². The second-order valence-corrected chi connectivity index (χ2v) is 3.70. The van der Waals surface area contributed by atoms with Gasteiger partial charge in [-0.3, -0.25) is 4.79 Å². The van der Waals surface area contributed by atoms with Crippen LogP contribution in [-0.4, -0.2) is 38.3 Å². The van der Waals surface area contributed by atoms with Gasteiger partial charge in [-0.25, -0.2) is 0 Å². The third-order valence-corrected chi connectivity index (χ3v) is 2.31. The lowest BCUT2D eigenvalue weighted by atomic mass is 10.1. The zero-order valence-corrected chi connectivity index (χ0v) is 9.69. The number of hydrogen-bond acceptors (Lipinski definition) is 3. The van der Waals surface area contributed by atoms with E-state index in [0.717, 1.165) is 13.1 Å². The Kier molecular flexibility index (Phi) is 6.08. The molecule has 1 amide bonds. The van der Waals surface area contributed by atoms with Gasteiger partial charge in [-0.2, -0.15) is 0 Å². The lowest BCUT2D eigenvalue weighted by molar-refractivity contribution is -0.125. The fourth-order valence-corrected chi connectivity index (χ4v) is 1.40. The maximum atomic E-state index is 11.4. The molecule has 1 rings (SSSR count). The molecule has 2 atom stereocenters. The monoisotopic (exact) mass is 222 g/mol. The molecule has 0 unspecified atom stereocenters. The Morgan fingerprint density at radius 3 is 2.64 bits per heavy atom. The van der Waals surface area contributed by atoms with E-state index in [9.17, 15) is 4.79 Å². The number of methoxy groups -OCH3 is 1. The molecule has 5 heteroatoms. The second-order valence-electron chi connectivity index (χ2n) is 3.70. The van der Waals surface area contributed by atoms with Crippen molar-refractivity contribution in [1.82, 2.24) is 10.6 Å². The van der Waals surface area contributed by atoms with E-state index < -0.39 is 0 Å². The van der Waals surface area contributed by atoms with Crippen LogP contribution in [0, 0.1) is 5.92 Å². The van der Waals surface area contributed by atoms with Crippen molar-refractivity contribution < 1.29 is 9.53 Å². The van der Waals surface area contributed by atoms with Crippen LogP contribution in [0.5, 0.6) is 0 Å². The van der Waals surface area contributed by atoms with Gasteiger partial charge in [-0.15, -0.1) is 12.4 Å². The van der Waals surface area contributed by atoms with Crippen molar-refractivity contribution in [1.29, 1.82) is 0 Å². The van der Waals surface area contributed by atoms with Crippen molar-refractivity contribution in [3.8, 4) is 0 Å². The summed E-state index contributed by atoms with van der Waals surface area (Å²) in [5.41, 5.74) is 0. The highest BCUT2D eigenvalue weighted by Gasteiger charge is 2.28. The van der Waals surface area contributed by atoms with Crippen molar-refractivity contribution in [3.63, 3.8) is 0 Å². The van der Waals surface area contributed by atoms with Gasteiger partial charge in [0.05, 0.1) is 12.1 Å². The predicted octanol–water partition coefficient (Wildman–Crippen LogP) is 0.167. The first-order valence-corrected chi connectivity index (χ1v) is 4.69. The first kappa shape index (κ1) is 13.7. The zero-order valence-electron chi connectivity index (χ0n) is 8.87. The van der Waals surface area contributed by atoms with E-state index in [2.05, 4.69) is 10.6 Å². The number of carbonyl (C=O) groups excluding carboxylic acids is 1. The van der Waals surface area contributed by atoms with Crippen LogP contribution in [0.15, 0.2) is 0 Å². The fourth-order valence-electron chi connectivity index (χ4n) is 1.40. The van der Waals surface area contributed by atoms with Gasteiger partial charge >= 0.3 is 0 Å². The van der Waals surface area contributed by atoms with Crippen LogP contribution in [0.4, 0.5) is 0 Å². The van der Waals surface area contributed by atoms with E-state index in [0.29, 0.717) is 0 Å². The number of rotatable bonds is 3. The molecule has 0 saturated carbocycles. The van der Waals surface area contributed by atoms with Gasteiger partial charge < -0.3 is 15.4 Å². The molecule has 4 nitrogen and oxygen atoms in total. The molecule has 0 aromatic carbocycles. The second kappa shape index (κ2) is 6.22. The highest BCUT2D eigenvalue weighted by atomic mass is 35.5. The minimum Gasteiger partial charge on any atom is -0.378 e. The molecule has 1 aliphatic heterocycles. The maximum absolute atomic E-state index is 11.4. The van der Waals surface area contributed by atoms with Gasteiger partial charge in [0, 0.05) is 26.1 Å². The largest absolute Gasteiger partial charge is 0.378 e. The van der Waals surface area contributed by atoms with Gasteiger partial charge in [-0.05, 0) is 0 Å². The fraction of sp³-hybridized carbons (Fsp3) is 0.889. The highest BCUT2D eigenvalue weighted by molar-refractivity contribution is 5.85. The third-order valence-electron chi connectivity index (χ3n) is 2.31. The Morgan fingerprint density at radius 2 is 2.14 bits per heavy atom. The van der Waals surface area contributed by atoms with Crippen LogP contribution in [0.3, 0.4) is 0 Å². The topological polar surface area (TPSA) is 50.4 Å². The van der Waals surface area contributed by atoms with E-state index in [1.54, 1.807) is 7.11 Å². The number of ether oxygens (including phenoxy) is 1. The molecule has 0 aliphatic carbocycles. The predicted molar refractivity (Wildman–Crippen MR) is 57.7 cm³/mol. The van der Waals surface area contributed by atoms with Crippen molar-refractivity contribution in [2.24, 2.45) is 5.92 Å². The minimum absolute atomic E-state index is 0. The smallest absolute Gasteiger partial charge is 0.222 e. The molecule has 2 N–H and O–H groups in total. The summed E-state index contributed by atoms with van der Waals surface area (Å²) in [4.78, 5) is 11.4. The Labute approximate surface area is 91.2 Å². The van der Waals surface area contributed by atoms with Crippen LogP contribution < -0.4 is 10.6 Å². The first-order valence-electron chi connectivity index (χ1n) is 4.69. The van der Waals surface area contributed by atoms with Gasteiger partial charge in [-0.1, -0.05) is 13.8 Å². The molecule has 14 heavy (non-hydrogen) atoms. The summed E-state index contributed by atoms with van der Waals surface area (Å²) in [7, 11) is 1.67. The number of amides is 1. The average molecular weight is 223 g/mol. The van der Waals surface area contributed by atoms with E-state index >= 15 is 0 Å². The molecule has 1 fully saturated rings. The van der Waals surface area contributed by atoms with Crippen molar-refractivity contribution in [2.45, 2.75) is 26.0 Å². The summed E-state index contributed by atoms with van der Waals surface area (Å²) < 4.78 is 5.23. The quantitative estimate of drug-likeness (QED) is 0.716. The van der Waals surface area contributed by atoms with Crippen LogP contribution >= 0.6 is 12.4 Å².